The second kappa shape index (κ2) is 12.0. The molecule has 3 aromatic carbocycles. The maximum atomic E-state index is 11.5. The predicted molar refractivity (Wildman–Crippen MR) is 147 cm³/mol. The molecular formula is C30H32N4O2. The smallest absolute Gasteiger partial charge is 0.245 e. The van der Waals surface area contributed by atoms with Crippen molar-refractivity contribution in [2.24, 2.45) is 0 Å². The number of rotatable bonds is 10. The molecule has 0 saturated heterocycles. The lowest BCUT2D eigenvalue weighted by Gasteiger charge is -2.15. The van der Waals surface area contributed by atoms with E-state index < -0.39 is 0 Å². The Morgan fingerprint density at radius 2 is 1.75 bits per heavy atom. The molecule has 0 radical (unpaired) electrons. The minimum atomic E-state index is -0.0197. The summed E-state index contributed by atoms with van der Waals surface area (Å²) in [5, 5.41) is 11.5. The molecule has 6 heteroatoms. The molecule has 0 atom stereocenters. The summed E-state index contributed by atoms with van der Waals surface area (Å²) in [6, 6.07) is 25.1. The summed E-state index contributed by atoms with van der Waals surface area (Å²) in [7, 11) is 3.47. The van der Waals surface area contributed by atoms with Crippen molar-refractivity contribution in [2.75, 3.05) is 33.8 Å². The number of nitrogens with one attached hydrogen (secondary N) is 2. The van der Waals surface area contributed by atoms with Gasteiger partial charge in [-0.15, -0.1) is 0 Å². The fourth-order valence-electron chi connectivity index (χ4n) is 3.98. The Balaban J connectivity index is 1.46. The second-order valence-corrected chi connectivity index (χ2v) is 8.75. The highest BCUT2D eigenvalue weighted by atomic mass is 16.5. The summed E-state index contributed by atoms with van der Waals surface area (Å²) >= 11 is 0. The van der Waals surface area contributed by atoms with Gasteiger partial charge in [0, 0.05) is 38.6 Å². The zero-order chi connectivity index (χ0) is 25.3. The van der Waals surface area contributed by atoms with Gasteiger partial charge in [-0.1, -0.05) is 54.6 Å². The molecule has 2 N–H and O–H groups in total. The second-order valence-electron chi connectivity index (χ2n) is 8.75. The first-order valence-corrected chi connectivity index (χ1v) is 12.0. The number of hydrogen-bond acceptors (Lipinski definition) is 4. The molecule has 4 rings (SSSR count). The maximum absolute atomic E-state index is 11.5. The highest BCUT2D eigenvalue weighted by Gasteiger charge is 2.12. The Bertz CT molecular complexity index is 1350. The zero-order valence-corrected chi connectivity index (χ0v) is 21.0. The molecule has 0 fully saturated rings. The van der Waals surface area contributed by atoms with Crippen molar-refractivity contribution in [3.8, 4) is 5.75 Å². The minimum Gasteiger partial charge on any atom is -0.492 e. The Labute approximate surface area is 212 Å². The van der Waals surface area contributed by atoms with E-state index in [1.807, 2.05) is 30.5 Å². The summed E-state index contributed by atoms with van der Waals surface area (Å²) < 4.78 is 5.91. The molecule has 0 saturated carbocycles. The van der Waals surface area contributed by atoms with Crippen LogP contribution in [0.15, 0.2) is 91.1 Å². The number of fused-ring (bicyclic) bond motifs is 1. The van der Waals surface area contributed by atoms with Crippen LogP contribution in [-0.2, 0) is 4.79 Å². The van der Waals surface area contributed by atoms with Crippen molar-refractivity contribution in [3.05, 3.63) is 108 Å². The molecule has 0 spiro atoms. The number of amides is 1. The topological polar surface area (TPSA) is 70.2 Å². The van der Waals surface area contributed by atoms with Crippen LogP contribution in [0.25, 0.3) is 22.0 Å². The molecule has 1 aromatic heterocycles. The molecule has 0 aliphatic rings. The quantitative estimate of drug-likeness (QED) is 0.187. The van der Waals surface area contributed by atoms with Crippen LogP contribution in [0.3, 0.4) is 0 Å². The van der Waals surface area contributed by atoms with E-state index in [2.05, 4.69) is 77.0 Å². The molecule has 1 amide bonds. The third-order valence-electron chi connectivity index (χ3n) is 5.96. The molecule has 0 aliphatic heterocycles. The number of carbonyl (C=O) groups is 1. The summed E-state index contributed by atoms with van der Waals surface area (Å²) in [5.74, 6) is 0.801. The largest absolute Gasteiger partial charge is 0.492 e. The zero-order valence-electron chi connectivity index (χ0n) is 21.0. The van der Waals surface area contributed by atoms with Gasteiger partial charge in [-0.2, -0.15) is 5.10 Å². The maximum Gasteiger partial charge on any atom is 0.245 e. The number of aromatic nitrogens is 2. The Hall–Kier alpha value is -4.16. The first-order chi connectivity index (χ1) is 17.5. The molecule has 0 bridgehead atoms. The van der Waals surface area contributed by atoms with Crippen LogP contribution < -0.4 is 10.1 Å². The van der Waals surface area contributed by atoms with Gasteiger partial charge in [0.05, 0.1) is 11.7 Å². The molecule has 0 aliphatic carbocycles. The lowest BCUT2D eigenvalue weighted by Crippen LogP contribution is -2.22. The molecule has 1 heterocycles. The summed E-state index contributed by atoms with van der Waals surface area (Å²) in [4.78, 5) is 13.1. The monoisotopic (exact) mass is 480 g/mol. The molecular weight excluding hydrogens is 448 g/mol. The lowest BCUT2D eigenvalue weighted by molar-refractivity contribution is -0.123. The molecule has 36 heavy (non-hydrogen) atoms. The first-order valence-electron chi connectivity index (χ1n) is 12.0. The van der Waals surface area contributed by atoms with E-state index in [-0.39, 0.29) is 5.91 Å². The van der Waals surface area contributed by atoms with Gasteiger partial charge in [0.25, 0.3) is 0 Å². The van der Waals surface area contributed by atoms with E-state index >= 15 is 0 Å². The van der Waals surface area contributed by atoms with Crippen LogP contribution in [0, 0.1) is 0 Å². The van der Waals surface area contributed by atoms with E-state index in [1.54, 1.807) is 25.1 Å². The number of hydrogen-bond donors (Lipinski definition) is 2. The SMILES string of the molecule is CC(=C(c1ccc(OCCNCC=CC(=O)N(C)C)cc1)c1ccc2[nH]ncc2c1)c1ccccc1. The Morgan fingerprint density at radius 1 is 1.00 bits per heavy atom. The summed E-state index contributed by atoms with van der Waals surface area (Å²) in [6.45, 7) is 4.01. The number of carbonyl (C=O) groups excluding carboxylic acids is 1. The van der Waals surface area contributed by atoms with Crippen molar-refractivity contribution in [2.45, 2.75) is 6.92 Å². The van der Waals surface area contributed by atoms with Crippen LogP contribution in [0.1, 0.15) is 23.6 Å². The van der Waals surface area contributed by atoms with Crippen molar-refractivity contribution < 1.29 is 9.53 Å². The van der Waals surface area contributed by atoms with Gasteiger partial charge in [0.2, 0.25) is 5.91 Å². The number of benzene rings is 3. The van der Waals surface area contributed by atoms with Crippen molar-refractivity contribution in [1.82, 2.24) is 20.4 Å². The lowest BCUT2D eigenvalue weighted by atomic mass is 9.90. The average Bonchev–Trinajstić information content (AvgIpc) is 3.37. The van der Waals surface area contributed by atoms with Gasteiger partial charge in [0.15, 0.2) is 0 Å². The van der Waals surface area contributed by atoms with E-state index in [0.29, 0.717) is 19.7 Å². The van der Waals surface area contributed by atoms with Crippen LogP contribution >= 0.6 is 0 Å². The van der Waals surface area contributed by atoms with Crippen molar-refractivity contribution in [1.29, 1.82) is 0 Å². The first kappa shape index (κ1) is 24.9. The van der Waals surface area contributed by atoms with Gasteiger partial charge in [-0.05, 0) is 59.0 Å². The van der Waals surface area contributed by atoms with E-state index in [0.717, 1.165) is 27.8 Å². The Morgan fingerprint density at radius 3 is 2.50 bits per heavy atom. The summed E-state index contributed by atoms with van der Waals surface area (Å²) in [5.41, 5.74) is 6.86. The summed E-state index contributed by atoms with van der Waals surface area (Å²) in [6.07, 6.45) is 5.25. The standard InChI is InChI=1S/C30H32N4O2/c1-22(23-8-5-4-6-9-23)30(25-13-16-28-26(20-25)21-32-33-28)24-11-14-27(15-12-24)36-19-18-31-17-7-10-29(35)34(2)3/h4-16,20-21,31H,17-19H2,1-3H3,(H,32,33). The highest BCUT2D eigenvalue weighted by Crippen LogP contribution is 2.34. The van der Waals surface area contributed by atoms with Gasteiger partial charge < -0.3 is 15.0 Å². The number of aromatic amines is 1. The number of H-pyrrole nitrogens is 1. The van der Waals surface area contributed by atoms with E-state index in [1.165, 1.54) is 16.7 Å². The van der Waals surface area contributed by atoms with Crippen LogP contribution in [-0.4, -0.2) is 54.8 Å². The predicted octanol–water partition coefficient (Wildman–Crippen LogP) is 5.15. The number of nitrogens with zero attached hydrogens (tertiary/aromatic N) is 2. The number of ether oxygens (including phenoxy) is 1. The third-order valence-corrected chi connectivity index (χ3v) is 5.96. The third kappa shape index (κ3) is 6.29. The van der Waals surface area contributed by atoms with E-state index in [4.69, 9.17) is 4.74 Å². The molecule has 4 aromatic rings. The number of allylic oxidation sites excluding steroid dienone is 1. The number of likely N-dealkylation sites (N-methyl/N-ethyl adjacent to an activating group) is 1. The molecule has 0 unspecified atom stereocenters. The van der Waals surface area contributed by atoms with Crippen molar-refractivity contribution in [3.63, 3.8) is 0 Å². The van der Waals surface area contributed by atoms with Gasteiger partial charge >= 0.3 is 0 Å². The molecule has 6 nitrogen and oxygen atoms in total. The van der Waals surface area contributed by atoms with Crippen molar-refractivity contribution >= 4 is 28.0 Å². The van der Waals surface area contributed by atoms with E-state index in [9.17, 15) is 4.79 Å². The minimum absolute atomic E-state index is 0.0197. The normalized spacial score (nSPS) is 12.1. The Kier molecular flexibility index (Phi) is 8.32. The highest BCUT2D eigenvalue weighted by molar-refractivity contribution is 5.99. The fraction of sp³-hybridized carbons (Fsp3) is 0.200. The van der Waals surface area contributed by atoms with Gasteiger partial charge in [-0.25, -0.2) is 0 Å². The molecule has 184 valence electrons. The van der Waals surface area contributed by atoms with Crippen LogP contribution in [0.5, 0.6) is 5.75 Å². The van der Waals surface area contributed by atoms with Gasteiger partial charge in [0.1, 0.15) is 12.4 Å². The fourth-order valence-corrected chi connectivity index (χ4v) is 3.98. The van der Waals surface area contributed by atoms with Crippen LogP contribution in [0.4, 0.5) is 0 Å². The average molecular weight is 481 g/mol. The van der Waals surface area contributed by atoms with Gasteiger partial charge in [-0.3, -0.25) is 9.89 Å². The van der Waals surface area contributed by atoms with Crippen LogP contribution in [0.2, 0.25) is 0 Å².